The molecule has 1 aromatic heterocycles. The smallest absolute Gasteiger partial charge is 0.407 e. The van der Waals surface area contributed by atoms with Crippen LogP contribution in [0.15, 0.2) is 24.4 Å². The van der Waals surface area contributed by atoms with Gasteiger partial charge in [-0.3, -0.25) is 9.36 Å². The van der Waals surface area contributed by atoms with Crippen LogP contribution in [-0.4, -0.2) is 42.8 Å². The molecule has 1 unspecified atom stereocenters. The summed E-state index contributed by atoms with van der Waals surface area (Å²) in [4.78, 5) is 35.3. The molecule has 1 aromatic carbocycles. The van der Waals surface area contributed by atoms with E-state index in [-0.39, 0.29) is 12.3 Å². The number of hydrogen-bond donors (Lipinski definition) is 1. The first-order valence-corrected chi connectivity index (χ1v) is 7.38. The van der Waals surface area contributed by atoms with E-state index in [1.165, 1.54) is 25.7 Å². The average Bonchev–Trinajstić information content (AvgIpc) is 2.98. The summed E-state index contributed by atoms with van der Waals surface area (Å²) in [5.74, 6) is -0.859. The first-order valence-electron chi connectivity index (χ1n) is 7.38. The van der Waals surface area contributed by atoms with Crippen LogP contribution in [0.4, 0.5) is 4.79 Å². The number of esters is 1. The van der Waals surface area contributed by atoms with Gasteiger partial charge in [0.15, 0.2) is 0 Å². The van der Waals surface area contributed by atoms with Gasteiger partial charge in [0.2, 0.25) is 5.91 Å². The van der Waals surface area contributed by atoms with Crippen molar-refractivity contribution in [3.05, 3.63) is 35.5 Å². The maximum Gasteiger partial charge on any atom is 0.407 e. The Hall–Kier alpha value is -3.34. The Kier molecular flexibility index (Phi) is 5.39. The van der Waals surface area contributed by atoms with Crippen molar-refractivity contribution in [2.45, 2.75) is 19.4 Å². The van der Waals surface area contributed by atoms with Crippen molar-refractivity contribution in [3.8, 4) is 6.07 Å². The molecule has 0 spiro atoms. The molecule has 0 fully saturated rings. The topological polar surface area (TPSA) is 110 Å². The summed E-state index contributed by atoms with van der Waals surface area (Å²) in [6.07, 6.45) is 0.889. The molecule has 0 aliphatic rings. The predicted molar refractivity (Wildman–Crippen MR) is 88.0 cm³/mol. The molecular weight excluding hydrogens is 326 g/mol. The van der Waals surface area contributed by atoms with E-state index >= 15 is 0 Å². The highest BCUT2D eigenvalue weighted by atomic mass is 16.5. The molecule has 8 heteroatoms. The fraction of sp³-hybridized carbons (Fsp3) is 0.294. The number of amides is 1. The lowest BCUT2D eigenvalue weighted by molar-refractivity contribution is -0.142. The molecule has 2 aromatic rings. The van der Waals surface area contributed by atoms with Crippen molar-refractivity contribution in [3.63, 3.8) is 0 Å². The number of alkyl carbamates (subject to hydrolysis) is 1. The second-order valence-corrected chi connectivity index (χ2v) is 5.30. The minimum absolute atomic E-state index is 0.0768. The highest BCUT2D eigenvalue weighted by Crippen LogP contribution is 2.24. The second-order valence-electron chi connectivity index (χ2n) is 5.30. The van der Waals surface area contributed by atoms with Crippen LogP contribution in [0.5, 0.6) is 0 Å². The Morgan fingerprint density at radius 2 is 2.00 bits per heavy atom. The maximum absolute atomic E-state index is 11.9. The molecule has 1 N–H and O–H groups in total. The van der Waals surface area contributed by atoms with Gasteiger partial charge >= 0.3 is 12.1 Å². The van der Waals surface area contributed by atoms with Crippen LogP contribution >= 0.6 is 0 Å². The third-order valence-corrected chi connectivity index (χ3v) is 3.74. The highest BCUT2D eigenvalue weighted by Gasteiger charge is 2.24. The standard InChI is InChI=1S/C17H17N3O5/c1-10(21)20-9-12(13-6-11(8-18)4-5-15(13)20)7-14(16(22)24-2)19-17(23)25-3/h4-6,9,14H,7H2,1-3H3,(H,19,23). The number of nitrogens with zero attached hydrogens (tertiary/aromatic N) is 2. The number of fused-ring (bicyclic) bond motifs is 1. The van der Waals surface area contributed by atoms with Crippen LogP contribution in [0.3, 0.4) is 0 Å². The number of methoxy groups -OCH3 is 2. The predicted octanol–water partition coefficient (Wildman–Crippen LogP) is 1.61. The van der Waals surface area contributed by atoms with E-state index in [1.807, 2.05) is 6.07 Å². The maximum atomic E-state index is 11.9. The van der Waals surface area contributed by atoms with Gasteiger partial charge in [-0.2, -0.15) is 5.26 Å². The van der Waals surface area contributed by atoms with E-state index in [1.54, 1.807) is 24.4 Å². The van der Waals surface area contributed by atoms with Crippen LogP contribution in [-0.2, 0) is 20.7 Å². The van der Waals surface area contributed by atoms with Crippen molar-refractivity contribution in [2.24, 2.45) is 0 Å². The number of rotatable bonds is 4. The van der Waals surface area contributed by atoms with E-state index in [2.05, 4.69) is 10.1 Å². The van der Waals surface area contributed by atoms with Crippen molar-refractivity contribution in [1.29, 1.82) is 5.26 Å². The number of carbonyl (C=O) groups excluding carboxylic acids is 3. The number of benzene rings is 1. The average molecular weight is 343 g/mol. The van der Waals surface area contributed by atoms with Crippen molar-refractivity contribution < 1.29 is 23.9 Å². The van der Waals surface area contributed by atoms with Crippen LogP contribution in [0.2, 0.25) is 0 Å². The molecular formula is C17H17N3O5. The van der Waals surface area contributed by atoms with E-state index in [9.17, 15) is 14.4 Å². The Bertz CT molecular complexity index is 878. The zero-order valence-corrected chi connectivity index (χ0v) is 14.0. The zero-order valence-electron chi connectivity index (χ0n) is 14.0. The van der Waals surface area contributed by atoms with Gasteiger partial charge in [-0.25, -0.2) is 9.59 Å². The summed E-state index contributed by atoms with van der Waals surface area (Å²) in [5.41, 5.74) is 1.66. The van der Waals surface area contributed by atoms with Gasteiger partial charge in [0.1, 0.15) is 6.04 Å². The first-order chi connectivity index (χ1) is 11.9. The van der Waals surface area contributed by atoms with Crippen LogP contribution in [0.25, 0.3) is 10.9 Å². The van der Waals surface area contributed by atoms with Crippen molar-refractivity contribution >= 4 is 28.9 Å². The van der Waals surface area contributed by atoms with Crippen LogP contribution < -0.4 is 5.32 Å². The summed E-state index contributed by atoms with van der Waals surface area (Å²) in [6, 6.07) is 5.96. The first kappa shape index (κ1) is 18.0. The van der Waals surface area contributed by atoms with Crippen molar-refractivity contribution in [1.82, 2.24) is 9.88 Å². The fourth-order valence-corrected chi connectivity index (χ4v) is 2.55. The lowest BCUT2D eigenvalue weighted by Crippen LogP contribution is -2.43. The number of carbonyl (C=O) groups is 3. The third-order valence-electron chi connectivity index (χ3n) is 3.74. The monoisotopic (exact) mass is 343 g/mol. The lowest BCUT2D eigenvalue weighted by atomic mass is 10.0. The number of ether oxygens (including phenoxy) is 2. The molecule has 0 saturated heterocycles. The summed E-state index contributed by atoms with van der Waals surface area (Å²) in [6.45, 7) is 1.41. The van der Waals surface area contributed by atoms with Gasteiger partial charge in [0.05, 0.1) is 31.4 Å². The molecule has 0 aliphatic carbocycles. The zero-order chi connectivity index (χ0) is 18.6. The van der Waals surface area contributed by atoms with Crippen LogP contribution in [0.1, 0.15) is 22.8 Å². The minimum Gasteiger partial charge on any atom is -0.467 e. The quantitative estimate of drug-likeness (QED) is 0.845. The molecule has 0 saturated carbocycles. The van der Waals surface area contributed by atoms with Gasteiger partial charge in [-0.1, -0.05) is 0 Å². The Morgan fingerprint density at radius 1 is 1.28 bits per heavy atom. The molecule has 130 valence electrons. The highest BCUT2D eigenvalue weighted by molar-refractivity contribution is 5.94. The van der Waals surface area contributed by atoms with Gasteiger partial charge in [0.25, 0.3) is 0 Å². The number of nitrogens with one attached hydrogen (secondary N) is 1. The fourth-order valence-electron chi connectivity index (χ4n) is 2.55. The largest absolute Gasteiger partial charge is 0.467 e. The number of nitriles is 1. The number of hydrogen-bond acceptors (Lipinski definition) is 6. The van der Waals surface area contributed by atoms with E-state index in [4.69, 9.17) is 10.00 Å². The Labute approximate surface area is 143 Å². The number of aromatic nitrogens is 1. The SMILES string of the molecule is COC(=O)NC(Cc1cn(C(C)=O)c2ccc(C#N)cc12)C(=O)OC. The van der Waals surface area contributed by atoms with Gasteiger partial charge in [-0.05, 0) is 23.8 Å². The Balaban J connectivity index is 2.50. The summed E-state index contributed by atoms with van der Waals surface area (Å²) in [5, 5.41) is 12.1. The van der Waals surface area contributed by atoms with Crippen LogP contribution in [0, 0.1) is 11.3 Å². The molecule has 8 nitrogen and oxygen atoms in total. The molecule has 0 radical (unpaired) electrons. The van der Waals surface area contributed by atoms with Crippen molar-refractivity contribution in [2.75, 3.05) is 14.2 Å². The van der Waals surface area contributed by atoms with Gasteiger partial charge in [-0.15, -0.1) is 0 Å². The van der Waals surface area contributed by atoms with Gasteiger partial charge in [0, 0.05) is 24.9 Å². The summed E-state index contributed by atoms with van der Waals surface area (Å²) >= 11 is 0. The summed E-state index contributed by atoms with van der Waals surface area (Å²) < 4.78 is 10.7. The normalized spacial score (nSPS) is 11.4. The molecule has 1 heterocycles. The molecule has 1 amide bonds. The summed E-state index contributed by atoms with van der Waals surface area (Å²) in [7, 11) is 2.39. The molecule has 0 aliphatic heterocycles. The minimum atomic E-state index is -0.991. The molecule has 0 bridgehead atoms. The second kappa shape index (κ2) is 7.49. The van der Waals surface area contributed by atoms with E-state index < -0.39 is 18.1 Å². The van der Waals surface area contributed by atoms with Gasteiger partial charge < -0.3 is 14.8 Å². The lowest BCUT2D eigenvalue weighted by Gasteiger charge is -2.15. The Morgan fingerprint density at radius 3 is 2.56 bits per heavy atom. The molecule has 2 rings (SSSR count). The third kappa shape index (κ3) is 3.77. The molecule has 25 heavy (non-hydrogen) atoms. The van der Waals surface area contributed by atoms with E-state index in [0.29, 0.717) is 22.0 Å². The molecule has 1 atom stereocenters. The van der Waals surface area contributed by atoms with E-state index in [0.717, 1.165) is 0 Å².